The summed E-state index contributed by atoms with van der Waals surface area (Å²) in [5.41, 5.74) is 12.1. The number of nitrogens with zero attached hydrogens (tertiary/aromatic N) is 14. The van der Waals surface area contributed by atoms with Crippen molar-refractivity contribution in [3.05, 3.63) is 115 Å². The van der Waals surface area contributed by atoms with Crippen LogP contribution in [-0.4, -0.2) is 159 Å². The molecule has 6 aromatic rings. The second-order valence-corrected chi connectivity index (χ2v) is 29.1. The summed E-state index contributed by atoms with van der Waals surface area (Å²) in [7, 11) is 9.34. The first-order valence-corrected chi connectivity index (χ1v) is 36.5. The van der Waals surface area contributed by atoms with Gasteiger partial charge in [-0.05, 0) is 126 Å². The molecular weight excluding hydrogens is 1520 g/mol. The predicted molar refractivity (Wildman–Crippen MR) is 372 cm³/mol. The quantitative estimate of drug-likeness (QED) is 0.0822. The van der Waals surface area contributed by atoms with Gasteiger partial charge in [-0.15, -0.1) is 0 Å². The summed E-state index contributed by atoms with van der Waals surface area (Å²) in [6, 6.07) is 8.39. The van der Waals surface area contributed by atoms with E-state index in [1.807, 2.05) is 77.6 Å². The van der Waals surface area contributed by atoms with Crippen LogP contribution in [0, 0.1) is 15.2 Å². The molecule has 4 aromatic heterocycles. The van der Waals surface area contributed by atoms with Gasteiger partial charge in [-0.2, -0.15) is 20.4 Å². The van der Waals surface area contributed by atoms with Crippen LogP contribution in [0.2, 0.25) is 10.0 Å². The van der Waals surface area contributed by atoms with E-state index < -0.39 is 22.8 Å². The number of nitrogens with one attached hydrogen (secondary N) is 2. The molecule has 8 aliphatic rings. The third kappa shape index (κ3) is 21.4. The predicted octanol–water partition coefficient (Wildman–Crippen LogP) is 9.83. The van der Waals surface area contributed by atoms with E-state index in [0.29, 0.717) is 89.4 Å². The SMILES string of the molecule is CC(C)(C)OC(=O)N1CCn2ncc(I)c2C1.CC(C)(C)OC(=O)N1CCn2ncc(N3CCCC3=O)c2C1.Nc1ccc(F)c(Cl)c1.O=C(Cc1ccc(F)c(Cl)c1)N1CCn2ncc(N3CCCC3=O)c2C1.O=C1CCCN1.O=C1CCCN1c1cnn2c1CNCC2.[Cl][Cu][Cl]. The van der Waals surface area contributed by atoms with Crippen molar-refractivity contribution in [2.24, 2.45) is 0 Å². The standard InChI is InChI=1S/C18H18ClFN4O2.C15H22N4O3.C11H16IN3O2.C10H14N4O.C6H5ClFN.C4H7NO.2ClH.Cu/c19-13-8-12(3-4-14(13)20)9-18(26)22-6-7-24-16(11-22)15(10-21-24)23-5-1-2-17(23)25;1-15(2,3)22-14(21)17-7-8-19-12(10-17)11(9-16-19)18-6-4-5-13(18)20;1-11(2,3)17-10(16)14-4-5-15-9(7-14)8(12)6-13-15;15-10-2-1-4-13(10)8-7-12-14-5-3-11-6-9(8)14;7-5-3-4(9)1-2-6(5)8;6-4-2-1-3-5-4;;;/h3-4,8,10H,1-2,5-7,9,11H2;9H,4-8,10H2,1-3H3;6H,4-5,7H2,1-3H3;7,11H,1-6H2;1-3H,9H2;1-3H2,(H,5,6);2*1H;/q;;;;;;;;+2/p-2. The third-order valence-electron chi connectivity index (χ3n) is 16.2. The number of nitrogens with two attached hydrogens (primary N) is 1. The summed E-state index contributed by atoms with van der Waals surface area (Å²) in [5, 5.41) is 23.4. The molecule has 0 saturated carbocycles. The van der Waals surface area contributed by atoms with Crippen molar-refractivity contribution in [1.29, 1.82) is 0 Å². The topological polar surface area (TPSA) is 279 Å². The van der Waals surface area contributed by atoms with Crippen molar-refractivity contribution in [3.63, 3.8) is 0 Å². The minimum atomic E-state index is -0.511. The molecule has 4 fully saturated rings. The number of halogens is 7. The number of hydrogen-bond donors (Lipinski definition) is 3. The average molecular weight is 1600 g/mol. The van der Waals surface area contributed by atoms with Crippen LogP contribution in [0.3, 0.4) is 0 Å². The molecule has 0 atom stereocenters. The summed E-state index contributed by atoms with van der Waals surface area (Å²) in [5.74, 6) is -0.323. The first-order chi connectivity index (χ1) is 46.6. The number of aromatic nitrogens is 8. The molecule has 4 N–H and O–H groups in total. The molecular formula is C64H82Cl4CuF2IN17O9. The number of hydrogen-bond acceptors (Lipinski definition) is 15. The van der Waals surface area contributed by atoms with E-state index >= 15 is 0 Å². The van der Waals surface area contributed by atoms with Gasteiger partial charge < -0.3 is 55.2 Å². The van der Waals surface area contributed by atoms with Gasteiger partial charge in [-0.25, -0.2) is 18.4 Å². The van der Waals surface area contributed by atoms with Gasteiger partial charge in [0.2, 0.25) is 29.5 Å². The van der Waals surface area contributed by atoms with E-state index in [2.05, 4.69) is 73.8 Å². The van der Waals surface area contributed by atoms with E-state index in [4.69, 9.17) is 38.4 Å². The van der Waals surface area contributed by atoms with Crippen molar-refractivity contribution in [2.75, 3.05) is 72.8 Å². The summed E-state index contributed by atoms with van der Waals surface area (Å²) < 4.78 is 45.2. The number of nitrogen functional groups attached to an aromatic ring is 1. The third-order valence-corrected chi connectivity index (χ3v) is 17.7. The Bertz CT molecular complexity index is 3800. The van der Waals surface area contributed by atoms with Crippen molar-refractivity contribution in [1.82, 2.24) is 64.5 Å². The van der Waals surface area contributed by atoms with Crippen molar-refractivity contribution >= 4 is 130 Å². The van der Waals surface area contributed by atoms with Crippen molar-refractivity contribution < 1.29 is 64.9 Å². The molecule has 0 bridgehead atoms. The number of fused-ring (bicyclic) bond motifs is 4. The zero-order valence-corrected chi connectivity index (χ0v) is 61.5. The summed E-state index contributed by atoms with van der Waals surface area (Å²) in [4.78, 5) is 93.1. The van der Waals surface area contributed by atoms with E-state index in [0.717, 1.165) is 134 Å². The maximum atomic E-state index is 13.3. The van der Waals surface area contributed by atoms with Gasteiger partial charge in [0.15, 0.2) is 0 Å². The van der Waals surface area contributed by atoms with Crippen molar-refractivity contribution in [3.8, 4) is 0 Å². The number of anilines is 4. The van der Waals surface area contributed by atoms with E-state index in [1.165, 1.54) is 30.3 Å². The molecule has 8 aliphatic heterocycles. The monoisotopic (exact) mass is 1600 g/mol. The second kappa shape index (κ2) is 35.5. The zero-order valence-electron chi connectivity index (χ0n) is 55.4. The van der Waals surface area contributed by atoms with Gasteiger partial charge in [-0.1, -0.05) is 29.3 Å². The van der Waals surface area contributed by atoms with E-state index in [1.54, 1.807) is 43.0 Å². The molecule has 0 spiro atoms. The number of ether oxygens (including phenoxy) is 2. The summed E-state index contributed by atoms with van der Waals surface area (Å²) in [6.07, 6.45) is 13.0. The number of carbonyl (C=O) groups excluding carboxylic acids is 7. The maximum absolute atomic E-state index is 13.3. The Hall–Kier alpha value is -6.80. The fourth-order valence-electron chi connectivity index (χ4n) is 11.4. The molecule has 4 saturated heterocycles. The number of benzene rings is 2. The van der Waals surface area contributed by atoms with E-state index in [9.17, 15) is 42.3 Å². The van der Waals surface area contributed by atoms with Gasteiger partial charge in [0.05, 0.1) is 130 Å². The number of rotatable bonds is 5. The molecule has 12 heterocycles. The van der Waals surface area contributed by atoms with Crippen LogP contribution >= 0.6 is 66.0 Å². The zero-order chi connectivity index (χ0) is 71.0. The molecule has 0 aliphatic carbocycles. The fraction of sp³-hybridized carbons (Fsp3) is 0.516. The first-order valence-electron chi connectivity index (χ1n) is 32.0. The Morgan fingerprint density at radius 3 is 1.41 bits per heavy atom. The van der Waals surface area contributed by atoms with Crippen LogP contribution in [0.25, 0.3) is 0 Å². The minimum absolute atomic E-state index is 0.0156. The van der Waals surface area contributed by atoms with Gasteiger partial charge in [0.25, 0.3) is 0 Å². The van der Waals surface area contributed by atoms with Gasteiger partial charge in [0.1, 0.15) is 22.8 Å². The molecule has 0 unspecified atom stereocenters. The summed E-state index contributed by atoms with van der Waals surface area (Å²) in [6.45, 7) is 22.2. The van der Waals surface area contributed by atoms with Gasteiger partial charge in [-0.3, -0.25) is 42.7 Å². The average Bonchev–Trinajstić information content (AvgIpc) is 1.64. The van der Waals surface area contributed by atoms with Crippen LogP contribution in [-0.2, 0) is 105 Å². The molecule has 98 heavy (non-hydrogen) atoms. The summed E-state index contributed by atoms with van der Waals surface area (Å²) >= 11 is 14.1. The molecule has 26 nitrogen and oxygen atoms in total. The van der Waals surface area contributed by atoms with Crippen molar-refractivity contribution in [2.45, 2.75) is 163 Å². The number of amides is 7. The van der Waals surface area contributed by atoms with Gasteiger partial charge in [0, 0.05) is 90.3 Å². The van der Waals surface area contributed by atoms with Crippen LogP contribution < -0.4 is 31.1 Å². The Kier molecular flexibility index (Phi) is 27.9. The Morgan fingerprint density at radius 2 is 0.990 bits per heavy atom. The normalized spacial score (nSPS) is 16.9. The van der Waals surface area contributed by atoms with Gasteiger partial charge >= 0.3 is 45.5 Å². The molecule has 537 valence electrons. The number of carbonyl (C=O) groups is 7. The Morgan fingerprint density at radius 1 is 0.561 bits per heavy atom. The van der Waals surface area contributed by atoms with Crippen LogP contribution in [0.1, 0.15) is 121 Å². The van der Waals surface area contributed by atoms with E-state index in [-0.39, 0.29) is 58.2 Å². The fourth-order valence-corrected chi connectivity index (χ4v) is 12.4. The molecule has 14 rings (SSSR count). The first kappa shape index (κ1) is 76.9. The van der Waals surface area contributed by atoms with Crippen LogP contribution in [0.4, 0.5) is 41.1 Å². The molecule has 2 aromatic carbocycles. The molecule has 34 heteroatoms. The molecule has 0 radical (unpaired) electrons. The Labute approximate surface area is 606 Å². The Balaban J connectivity index is 0.000000156. The van der Waals surface area contributed by atoms with Crippen LogP contribution in [0.15, 0.2) is 61.2 Å². The van der Waals surface area contributed by atoms with Crippen LogP contribution in [0.5, 0.6) is 0 Å². The molecule has 7 amide bonds. The second-order valence-electron chi connectivity index (χ2n) is 25.6.